The SMILES string of the molecule is CCOC1CC(N)(C(=O)Nc2ccc(OCCOC)cc2)C1(C)C. The lowest BCUT2D eigenvalue weighted by Gasteiger charge is -2.57. The minimum Gasteiger partial charge on any atom is -0.491 e. The maximum absolute atomic E-state index is 12.6. The highest BCUT2D eigenvalue weighted by Gasteiger charge is 2.62. The molecule has 24 heavy (non-hydrogen) atoms. The molecular formula is C18H28N2O4. The molecule has 1 aliphatic carbocycles. The molecule has 1 aromatic rings. The van der Waals surface area contributed by atoms with Crippen LogP contribution in [0.4, 0.5) is 5.69 Å². The first-order valence-electron chi connectivity index (χ1n) is 8.29. The van der Waals surface area contributed by atoms with Crippen molar-refractivity contribution in [3.05, 3.63) is 24.3 Å². The first-order chi connectivity index (χ1) is 11.3. The summed E-state index contributed by atoms with van der Waals surface area (Å²) in [5, 5.41) is 2.90. The van der Waals surface area contributed by atoms with E-state index >= 15 is 0 Å². The maximum Gasteiger partial charge on any atom is 0.245 e. The van der Waals surface area contributed by atoms with Crippen LogP contribution in [-0.4, -0.2) is 44.5 Å². The predicted molar refractivity (Wildman–Crippen MR) is 93.2 cm³/mol. The summed E-state index contributed by atoms with van der Waals surface area (Å²) in [4.78, 5) is 12.6. The number of methoxy groups -OCH3 is 1. The van der Waals surface area contributed by atoms with E-state index in [0.29, 0.717) is 31.9 Å². The van der Waals surface area contributed by atoms with Gasteiger partial charge in [-0.1, -0.05) is 13.8 Å². The highest BCUT2D eigenvalue weighted by atomic mass is 16.5. The number of ether oxygens (including phenoxy) is 3. The van der Waals surface area contributed by atoms with Crippen molar-refractivity contribution in [3.63, 3.8) is 0 Å². The molecule has 0 bridgehead atoms. The third kappa shape index (κ3) is 3.55. The standard InChI is InChI=1S/C18H28N2O4/c1-5-23-15-12-18(19,17(15,2)3)16(21)20-13-6-8-14(9-7-13)24-11-10-22-4/h6-9,15H,5,10-12,19H2,1-4H3,(H,20,21). The van der Waals surface area contributed by atoms with Crippen LogP contribution in [-0.2, 0) is 14.3 Å². The first kappa shape index (κ1) is 18.7. The molecule has 0 aromatic heterocycles. The lowest BCUT2D eigenvalue weighted by atomic mass is 9.54. The zero-order valence-corrected chi connectivity index (χ0v) is 14.9. The second-order valence-electron chi connectivity index (χ2n) is 6.66. The van der Waals surface area contributed by atoms with Crippen LogP contribution in [0.2, 0.25) is 0 Å². The van der Waals surface area contributed by atoms with Gasteiger partial charge >= 0.3 is 0 Å². The molecule has 2 rings (SSSR count). The molecule has 2 atom stereocenters. The summed E-state index contributed by atoms with van der Waals surface area (Å²) < 4.78 is 16.1. The fourth-order valence-corrected chi connectivity index (χ4v) is 2.94. The second-order valence-corrected chi connectivity index (χ2v) is 6.66. The Morgan fingerprint density at radius 1 is 1.29 bits per heavy atom. The largest absolute Gasteiger partial charge is 0.491 e. The van der Waals surface area contributed by atoms with Crippen molar-refractivity contribution >= 4 is 11.6 Å². The quantitative estimate of drug-likeness (QED) is 0.711. The highest BCUT2D eigenvalue weighted by molar-refractivity contribution is 5.99. The van der Waals surface area contributed by atoms with Gasteiger partial charge in [0.2, 0.25) is 5.91 Å². The molecule has 1 aromatic carbocycles. The third-order valence-electron chi connectivity index (χ3n) is 4.90. The Balaban J connectivity index is 1.95. The number of nitrogens with two attached hydrogens (primary N) is 1. The fourth-order valence-electron chi connectivity index (χ4n) is 2.94. The van der Waals surface area contributed by atoms with Gasteiger partial charge in [-0.05, 0) is 31.2 Å². The maximum atomic E-state index is 12.6. The molecule has 6 heteroatoms. The van der Waals surface area contributed by atoms with Crippen molar-refractivity contribution in [2.45, 2.75) is 38.8 Å². The average Bonchev–Trinajstić information content (AvgIpc) is 2.56. The third-order valence-corrected chi connectivity index (χ3v) is 4.90. The molecule has 1 saturated carbocycles. The summed E-state index contributed by atoms with van der Waals surface area (Å²) >= 11 is 0. The molecule has 6 nitrogen and oxygen atoms in total. The Kier molecular flexibility index (Phi) is 5.85. The van der Waals surface area contributed by atoms with E-state index in [4.69, 9.17) is 19.9 Å². The molecule has 0 radical (unpaired) electrons. The lowest BCUT2D eigenvalue weighted by Crippen LogP contribution is -2.74. The van der Waals surface area contributed by atoms with Gasteiger partial charge in [0.25, 0.3) is 0 Å². The van der Waals surface area contributed by atoms with E-state index in [1.807, 2.05) is 32.9 Å². The molecular weight excluding hydrogens is 308 g/mol. The molecule has 134 valence electrons. The molecule has 1 aliphatic rings. The monoisotopic (exact) mass is 336 g/mol. The molecule has 1 amide bonds. The van der Waals surface area contributed by atoms with Gasteiger partial charge in [-0.25, -0.2) is 0 Å². The number of amides is 1. The van der Waals surface area contributed by atoms with Crippen molar-refractivity contribution in [2.75, 3.05) is 32.2 Å². The molecule has 0 spiro atoms. The molecule has 2 unspecified atom stereocenters. The van der Waals surface area contributed by atoms with Gasteiger partial charge in [0, 0.05) is 31.2 Å². The van der Waals surface area contributed by atoms with E-state index in [1.54, 1.807) is 19.2 Å². The van der Waals surface area contributed by atoms with E-state index in [1.165, 1.54) is 0 Å². The van der Waals surface area contributed by atoms with Crippen LogP contribution in [0.1, 0.15) is 27.2 Å². The van der Waals surface area contributed by atoms with E-state index in [9.17, 15) is 4.79 Å². The summed E-state index contributed by atoms with van der Waals surface area (Å²) in [5.41, 5.74) is 5.73. The van der Waals surface area contributed by atoms with E-state index in [2.05, 4.69) is 5.32 Å². The van der Waals surface area contributed by atoms with Crippen molar-refractivity contribution in [1.82, 2.24) is 0 Å². The molecule has 0 heterocycles. The zero-order valence-electron chi connectivity index (χ0n) is 14.9. The van der Waals surface area contributed by atoms with Gasteiger partial charge in [-0.2, -0.15) is 0 Å². The normalized spacial score (nSPS) is 25.0. The number of rotatable bonds is 8. The van der Waals surface area contributed by atoms with E-state index in [0.717, 1.165) is 5.75 Å². The zero-order chi connectivity index (χ0) is 17.8. The number of nitrogens with one attached hydrogen (secondary N) is 1. The van der Waals surface area contributed by atoms with Crippen molar-refractivity contribution in [2.24, 2.45) is 11.1 Å². The Hall–Kier alpha value is -1.63. The average molecular weight is 336 g/mol. The Bertz CT molecular complexity index is 559. The number of carbonyl (C=O) groups excluding carboxylic acids is 1. The van der Waals surface area contributed by atoms with Crippen LogP contribution in [0.5, 0.6) is 5.75 Å². The number of benzene rings is 1. The molecule has 0 aliphatic heterocycles. The van der Waals surface area contributed by atoms with Gasteiger partial charge in [0.1, 0.15) is 17.9 Å². The van der Waals surface area contributed by atoms with Crippen LogP contribution in [0.15, 0.2) is 24.3 Å². The smallest absolute Gasteiger partial charge is 0.245 e. The van der Waals surface area contributed by atoms with Crippen molar-refractivity contribution in [1.29, 1.82) is 0 Å². The Labute approximate surface area is 143 Å². The van der Waals surface area contributed by atoms with E-state index in [-0.39, 0.29) is 12.0 Å². The predicted octanol–water partition coefficient (Wildman–Crippen LogP) is 2.18. The molecule has 3 N–H and O–H groups in total. The van der Waals surface area contributed by atoms with Gasteiger partial charge in [-0.3, -0.25) is 4.79 Å². The summed E-state index contributed by atoms with van der Waals surface area (Å²) in [6.45, 7) is 7.54. The Morgan fingerprint density at radius 3 is 2.50 bits per heavy atom. The highest BCUT2D eigenvalue weighted by Crippen LogP contribution is 2.50. The fraction of sp³-hybridized carbons (Fsp3) is 0.611. The number of carbonyl (C=O) groups is 1. The summed E-state index contributed by atoms with van der Waals surface area (Å²) in [7, 11) is 1.63. The topological polar surface area (TPSA) is 82.8 Å². The van der Waals surface area contributed by atoms with Crippen LogP contribution in [0, 0.1) is 5.41 Å². The van der Waals surface area contributed by atoms with Gasteiger partial charge in [0.15, 0.2) is 0 Å². The lowest BCUT2D eigenvalue weighted by molar-refractivity contribution is -0.166. The van der Waals surface area contributed by atoms with Crippen LogP contribution >= 0.6 is 0 Å². The van der Waals surface area contributed by atoms with Gasteiger partial charge in [0.05, 0.1) is 12.7 Å². The number of anilines is 1. The summed E-state index contributed by atoms with van der Waals surface area (Å²) in [6, 6.07) is 7.22. The van der Waals surface area contributed by atoms with E-state index < -0.39 is 11.0 Å². The first-order valence-corrected chi connectivity index (χ1v) is 8.29. The minimum atomic E-state index is -0.930. The van der Waals surface area contributed by atoms with Gasteiger partial charge in [-0.15, -0.1) is 0 Å². The number of hydrogen-bond acceptors (Lipinski definition) is 5. The second kappa shape index (κ2) is 7.51. The molecule has 1 fully saturated rings. The Morgan fingerprint density at radius 2 is 1.96 bits per heavy atom. The summed E-state index contributed by atoms with van der Waals surface area (Å²) in [5.74, 6) is 0.546. The van der Waals surface area contributed by atoms with Crippen LogP contribution in [0.25, 0.3) is 0 Å². The summed E-state index contributed by atoms with van der Waals surface area (Å²) in [6.07, 6.45) is 0.535. The number of hydrogen-bond donors (Lipinski definition) is 2. The van der Waals surface area contributed by atoms with Crippen LogP contribution < -0.4 is 15.8 Å². The minimum absolute atomic E-state index is 0.00908. The van der Waals surface area contributed by atoms with Crippen LogP contribution in [0.3, 0.4) is 0 Å². The van der Waals surface area contributed by atoms with Gasteiger partial charge < -0.3 is 25.3 Å². The molecule has 0 saturated heterocycles. The van der Waals surface area contributed by atoms with Crippen molar-refractivity contribution in [3.8, 4) is 5.75 Å². The van der Waals surface area contributed by atoms with Crippen molar-refractivity contribution < 1.29 is 19.0 Å².